The molecule has 4 rings (SSSR count). The van der Waals surface area contributed by atoms with Gasteiger partial charge < -0.3 is 15.6 Å². The summed E-state index contributed by atoms with van der Waals surface area (Å²) in [6, 6.07) is 8.32. The van der Waals surface area contributed by atoms with Crippen molar-refractivity contribution in [3.05, 3.63) is 54.0 Å². The average Bonchev–Trinajstić information content (AvgIpc) is 3.14. The normalized spacial score (nSPS) is 18.1. The minimum atomic E-state index is -0.200. The molecule has 1 aromatic heterocycles. The fraction of sp³-hybridized carbons (Fsp3) is 0.350. The standard InChI is InChI=1S/C13H17N3.C7H8FN/c1-2-4-10(5-3-1)8-12-11-6-7-14-13(11)16-9-15-12;1-9-7-4-2-6(8)3-5-7/h6-10,14H,1-5H2,(H,15,16);2-5,9H,1H3/b12-8+;. The third-order valence-electron chi connectivity index (χ3n) is 4.61. The van der Waals surface area contributed by atoms with Crippen LogP contribution in [0, 0.1) is 11.7 Å². The number of hydrogen-bond donors (Lipinski definition) is 3. The largest absolute Gasteiger partial charge is 0.388 e. The Morgan fingerprint density at radius 2 is 1.88 bits per heavy atom. The Labute approximate surface area is 148 Å². The van der Waals surface area contributed by atoms with Gasteiger partial charge in [-0.05, 0) is 49.1 Å². The molecule has 1 saturated carbocycles. The van der Waals surface area contributed by atoms with Crippen LogP contribution in [0.2, 0.25) is 0 Å². The van der Waals surface area contributed by atoms with Gasteiger partial charge in [-0.3, -0.25) is 0 Å². The first-order chi connectivity index (χ1) is 12.3. The number of benzene rings is 1. The third kappa shape index (κ3) is 4.72. The van der Waals surface area contributed by atoms with Gasteiger partial charge in [-0.2, -0.15) is 0 Å². The number of fused-ring (bicyclic) bond motifs is 1. The molecule has 0 unspecified atom stereocenters. The van der Waals surface area contributed by atoms with E-state index >= 15 is 0 Å². The number of allylic oxidation sites excluding steroid dienone is 1. The lowest BCUT2D eigenvalue weighted by Gasteiger charge is -2.20. The monoisotopic (exact) mass is 340 g/mol. The molecule has 0 saturated heterocycles. The predicted octanol–water partition coefficient (Wildman–Crippen LogP) is 5.07. The number of nitrogens with zero attached hydrogens (tertiary/aromatic N) is 1. The quantitative estimate of drug-likeness (QED) is 0.715. The van der Waals surface area contributed by atoms with Crippen molar-refractivity contribution in [2.24, 2.45) is 10.9 Å². The zero-order valence-corrected chi connectivity index (χ0v) is 14.6. The topological polar surface area (TPSA) is 52.2 Å². The van der Waals surface area contributed by atoms with Gasteiger partial charge >= 0.3 is 0 Å². The number of anilines is 1. The Bertz CT molecular complexity index is 724. The van der Waals surface area contributed by atoms with Crippen molar-refractivity contribution in [2.75, 3.05) is 12.4 Å². The average molecular weight is 340 g/mol. The first-order valence-corrected chi connectivity index (χ1v) is 8.88. The molecule has 1 aromatic carbocycles. The molecule has 1 aliphatic heterocycles. The highest BCUT2D eigenvalue weighted by molar-refractivity contribution is 5.85. The smallest absolute Gasteiger partial charge is 0.141 e. The molecule has 1 fully saturated rings. The molecule has 0 atom stereocenters. The van der Waals surface area contributed by atoms with Crippen LogP contribution in [-0.2, 0) is 0 Å². The molecule has 2 aliphatic rings. The minimum absolute atomic E-state index is 0.200. The van der Waals surface area contributed by atoms with E-state index < -0.39 is 0 Å². The van der Waals surface area contributed by atoms with Gasteiger partial charge in [0.2, 0.25) is 0 Å². The summed E-state index contributed by atoms with van der Waals surface area (Å²) < 4.78 is 12.2. The first kappa shape index (κ1) is 17.3. The Morgan fingerprint density at radius 1 is 1.12 bits per heavy atom. The number of rotatable bonds is 2. The summed E-state index contributed by atoms with van der Waals surface area (Å²) in [7, 11) is 1.80. The van der Waals surface area contributed by atoms with Gasteiger partial charge in [-0.25, -0.2) is 9.38 Å². The Morgan fingerprint density at radius 3 is 2.60 bits per heavy atom. The highest BCUT2D eigenvalue weighted by Gasteiger charge is 2.16. The molecule has 0 amide bonds. The summed E-state index contributed by atoms with van der Waals surface area (Å²) in [6.45, 7) is 0. The number of aromatic amines is 1. The van der Waals surface area contributed by atoms with Crippen LogP contribution in [0.25, 0.3) is 5.70 Å². The van der Waals surface area contributed by atoms with Crippen LogP contribution in [0.15, 0.2) is 47.6 Å². The second kappa shape index (κ2) is 8.51. The Hall–Kier alpha value is -2.56. The van der Waals surface area contributed by atoms with E-state index in [1.807, 2.05) is 6.20 Å². The van der Waals surface area contributed by atoms with E-state index in [0.29, 0.717) is 0 Å². The second-order valence-electron chi connectivity index (χ2n) is 6.38. The number of nitrogens with one attached hydrogen (secondary N) is 3. The lowest BCUT2D eigenvalue weighted by atomic mass is 9.88. The van der Waals surface area contributed by atoms with Crippen molar-refractivity contribution < 1.29 is 4.39 Å². The van der Waals surface area contributed by atoms with Gasteiger partial charge in [0.15, 0.2) is 0 Å². The fourth-order valence-corrected chi connectivity index (χ4v) is 3.22. The summed E-state index contributed by atoms with van der Waals surface area (Å²) in [5.41, 5.74) is 3.35. The van der Waals surface area contributed by atoms with Crippen LogP contribution in [0.5, 0.6) is 0 Å². The maximum atomic E-state index is 12.2. The van der Waals surface area contributed by atoms with Crippen molar-refractivity contribution in [1.82, 2.24) is 10.3 Å². The predicted molar refractivity (Wildman–Crippen MR) is 103 cm³/mol. The van der Waals surface area contributed by atoms with Crippen molar-refractivity contribution in [3.8, 4) is 0 Å². The SMILES string of the molecule is C1=Nc2[nH]ccc2/C(=C\C2CCCCC2)N1.CNc1ccc(F)cc1. The number of H-pyrrole nitrogens is 1. The van der Waals surface area contributed by atoms with E-state index in [1.165, 1.54) is 55.5 Å². The molecular weight excluding hydrogens is 315 g/mol. The van der Waals surface area contributed by atoms with Crippen LogP contribution in [0.3, 0.4) is 0 Å². The van der Waals surface area contributed by atoms with Crippen LogP contribution >= 0.6 is 0 Å². The zero-order chi connectivity index (χ0) is 17.5. The van der Waals surface area contributed by atoms with E-state index in [2.05, 4.69) is 32.8 Å². The molecule has 5 heteroatoms. The molecule has 0 radical (unpaired) electrons. The van der Waals surface area contributed by atoms with Gasteiger partial charge in [0.25, 0.3) is 0 Å². The van der Waals surface area contributed by atoms with Crippen molar-refractivity contribution in [3.63, 3.8) is 0 Å². The van der Waals surface area contributed by atoms with Crippen LogP contribution in [0.4, 0.5) is 15.9 Å². The number of hydrogen-bond acceptors (Lipinski definition) is 3. The molecular formula is C20H25FN4. The lowest BCUT2D eigenvalue weighted by Crippen LogP contribution is -2.15. The van der Waals surface area contributed by atoms with E-state index in [0.717, 1.165) is 17.4 Å². The van der Waals surface area contributed by atoms with Crippen LogP contribution in [-0.4, -0.2) is 18.4 Å². The van der Waals surface area contributed by atoms with Crippen molar-refractivity contribution >= 4 is 23.5 Å². The maximum absolute atomic E-state index is 12.2. The molecule has 2 heterocycles. The van der Waals surface area contributed by atoms with Gasteiger partial charge in [0.05, 0.1) is 6.34 Å². The Kier molecular flexibility index (Phi) is 5.88. The second-order valence-corrected chi connectivity index (χ2v) is 6.38. The highest BCUT2D eigenvalue weighted by Crippen LogP contribution is 2.30. The van der Waals surface area contributed by atoms with E-state index in [1.54, 1.807) is 25.5 Å². The minimum Gasteiger partial charge on any atom is -0.388 e. The molecule has 2 aromatic rings. The van der Waals surface area contributed by atoms with Gasteiger partial charge in [0.1, 0.15) is 11.6 Å². The number of aromatic nitrogens is 1. The zero-order valence-electron chi connectivity index (χ0n) is 14.6. The molecule has 4 nitrogen and oxygen atoms in total. The molecule has 0 bridgehead atoms. The maximum Gasteiger partial charge on any atom is 0.141 e. The van der Waals surface area contributed by atoms with Crippen molar-refractivity contribution in [1.29, 1.82) is 0 Å². The lowest BCUT2D eigenvalue weighted by molar-refractivity contribution is 0.419. The van der Waals surface area contributed by atoms with Gasteiger partial charge in [0, 0.05) is 30.2 Å². The first-order valence-electron chi connectivity index (χ1n) is 8.88. The number of halogens is 1. The molecule has 1 aliphatic carbocycles. The van der Waals surface area contributed by atoms with Gasteiger partial charge in [-0.15, -0.1) is 0 Å². The molecule has 25 heavy (non-hydrogen) atoms. The highest BCUT2D eigenvalue weighted by atomic mass is 19.1. The van der Waals surface area contributed by atoms with Crippen molar-refractivity contribution in [2.45, 2.75) is 32.1 Å². The molecule has 3 N–H and O–H groups in total. The fourth-order valence-electron chi connectivity index (χ4n) is 3.22. The summed E-state index contributed by atoms with van der Waals surface area (Å²) in [5.74, 6) is 1.51. The summed E-state index contributed by atoms with van der Waals surface area (Å²) in [5, 5.41) is 6.15. The van der Waals surface area contributed by atoms with E-state index in [-0.39, 0.29) is 5.82 Å². The summed E-state index contributed by atoms with van der Waals surface area (Å²) in [4.78, 5) is 7.41. The summed E-state index contributed by atoms with van der Waals surface area (Å²) in [6.07, 6.45) is 12.9. The van der Waals surface area contributed by atoms with Crippen LogP contribution in [0.1, 0.15) is 37.7 Å². The Balaban J connectivity index is 0.000000173. The van der Waals surface area contributed by atoms with E-state index in [4.69, 9.17) is 0 Å². The molecule has 0 spiro atoms. The summed E-state index contributed by atoms with van der Waals surface area (Å²) >= 11 is 0. The third-order valence-corrected chi connectivity index (χ3v) is 4.61. The van der Waals surface area contributed by atoms with Crippen LogP contribution < -0.4 is 10.6 Å². The molecule has 132 valence electrons. The number of aliphatic imine (C=N–C) groups is 1. The van der Waals surface area contributed by atoms with Gasteiger partial charge in [-0.1, -0.05) is 25.3 Å². The van der Waals surface area contributed by atoms with E-state index in [9.17, 15) is 4.39 Å².